The minimum atomic E-state index is -0.300. The maximum atomic E-state index is 13.1. The summed E-state index contributed by atoms with van der Waals surface area (Å²) >= 11 is 0. The zero-order valence-corrected chi connectivity index (χ0v) is 18.3. The Bertz CT molecular complexity index is 1200. The first-order valence-electron chi connectivity index (χ1n) is 10.9. The van der Waals surface area contributed by atoms with Crippen molar-refractivity contribution in [2.75, 3.05) is 33.3 Å². The van der Waals surface area contributed by atoms with Gasteiger partial charge < -0.3 is 19.3 Å². The summed E-state index contributed by atoms with van der Waals surface area (Å²) in [6.45, 7) is 2.46. The average Bonchev–Trinajstić information content (AvgIpc) is 3.02. The molecule has 2 aliphatic heterocycles. The number of nitrogens with zero attached hydrogens (tertiary/aromatic N) is 3. The molecule has 1 amide bonds. The zero-order valence-electron chi connectivity index (χ0n) is 18.3. The minimum Gasteiger partial charge on any atom is -0.493 e. The summed E-state index contributed by atoms with van der Waals surface area (Å²) in [5.41, 5.74) is 2.42. The van der Waals surface area contributed by atoms with E-state index in [0.29, 0.717) is 43.4 Å². The van der Waals surface area contributed by atoms with Crippen LogP contribution in [0.3, 0.4) is 0 Å². The molecule has 2 aliphatic rings. The molecule has 0 atom stereocenters. The number of para-hydroxylation sites is 3. The van der Waals surface area contributed by atoms with Crippen LogP contribution in [-0.2, 0) is 11.2 Å². The molecule has 1 saturated heterocycles. The summed E-state index contributed by atoms with van der Waals surface area (Å²) in [6, 6.07) is 19.5. The molecule has 1 fully saturated rings. The number of aliphatic imine (C=N–C) groups is 1. The van der Waals surface area contributed by atoms with Crippen molar-refractivity contribution in [1.29, 1.82) is 0 Å². The molecule has 7 heteroatoms. The van der Waals surface area contributed by atoms with Gasteiger partial charge in [-0.05, 0) is 42.0 Å². The van der Waals surface area contributed by atoms with E-state index >= 15 is 0 Å². The minimum absolute atomic E-state index is 0.0415. The Kier molecular flexibility index (Phi) is 5.69. The largest absolute Gasteiger partial charge is 0.493 e. The van der Waals surface area contributed by atoms with E-state index in [1.165, 1.54) is 12.1 Å². The smallest absolute Gasteiger partial charge is 0.227 e. The Balaban J connectivity index is 1.37. The first-order chi connectivity index (χ1) is 16.1. The number of amidine groups is 1. The topological polar surface area (TPSA) is 54.4 Å². The van der Waals surface area contributed by atoms with Gasteiger partial charge in [0.15, 0.2) is 17.2 Å². The summed E-state index contributed by atoms with van der Waals surface area (Å²) in [6.07, 6.45) is 0.266. The second-order valence-electron chi connectivity index (χ2n) is 8.01. The molecule has 0 unspecified atom stereocenters. The molecular formula is C26H24FN3O3. The first-order valence-corrected chi connectivity index (χ1v) is 10.9. The van der Waals surface area contributed by atoms with Crippen molar-refractivity contribution in [1.82, 2.24) is 9.80 Å². The van der Waals surface area contributed by atoms with Gasteiger partial charge >= 0.3 is 0 Å². The maximum absolute atomic E-state index is 13.1. The van der Waals surface area contributed by atoms with E-state index in [-0.39, 0.29) is 18.1 Å². The summed E-state index contributed by atoms with van der Waals surface area (Å²) in [4.78, 5) is 21.8. The van der Waals surface area contributed by atoms with Crippen LogP contribution in [0.25, 0.3) is 0 Å². The number of carbonyl (C=O) groups excluding carboxylic acids is 1. The van der Waals surface area contributed by atoms with Crippen LogP contribution in [0.5, 0.6) is 17.2 Å². The zero-order chi connectivity index (χ0) is 22.8. The van der Waals surface area contributed by atoms with E-state index in [0.717, 1.165) is 22.6 Å². The molecule has 0 saturated carbocycles. The van der Waals surface area contributed by atoms with Crippen LogP contribution in [0.2, 0.25) is 0 Å². The predicted molar refractivity (Wildman–Crippen MR) is 124 cm³/mol. The van der Waals surface area contributed by atoms with Crippen molar-refractivity contribution in [2.24, 2.45) is 4.99 Å². The third kappa shape index (κ3) is 4.26. The highest BCUT2D eigenvalue weighted by atomic mass is 19.1. The average molecular weight is 445 g/mol. The molecule has 5 rings (SSSR count). The van der Waals surface area contributed by atoms with Gasteiger partial charge in [0, 0.05) is 26.2 Å². The van der Waals surface area contributed by atoms with Crippen molar-refractivity contribution in [3.8, 4) is 17.2 Å². The Morgan fingerprint density at radius 3 is 2.52 bits per heavy atom. The van der Waals surface area contributed by atoms with Crippen molar-refractivity contribution >= 4 is 17.4 Å². The number of halogens is 1. The van der Waals surface area contributed by atoms with E-state index in [1.807, 2.05) is 47.4 Å². The van der Waals surface area contributed by atoms with Crippen molar-refractivity contribution in [2.45, 2.75) is 6.42 Å². The molecule has 3 aromatic carbocycles. The molecule has 0 spiro atoms. The third-order valence-electron chi connectivity index (χ3n) is 5.94. The van der Waals surface area contributed by atoms with Gasteiger partial charge in [-0.3, -0.25) is 4.79 Å². The molecule has 33 heavy (non-hydrogen) atoms. The monoisotopic (exact) mass is 445 g/mol. The molecule has 0 aliphatic carbocycles. The number of fused-ring (bicyclic) bond motifs is 2. The lowest BCUT2D eigenvalue weighted by Crippen LogP contribution is -2.51. The fourth-order valence-electron chi connectivity index (χ4n) is 4.18. The highest BCUT2D eigenvalue weighted by molar-refractivity contribution is 6.04. The summed E-state index contributed by atoms with van der Waals surface area (Å²) in [5, 5.41) is 0. The highest BCUT2D eigenvalue weighted by Crippen LogP contribution is 2.42. The van der Waals surface area contributed by atoms with Gasteiger partial charge in [-0.25, -0.2) is 9.38 Å². The normalized spacial score (nSPS) is 15.0. The molecule has 0 N–H and O–H groups in total. The number of amides is 1. The SMILES string of the molecule is COc1cccc2c1Oc1ccccc1N=C2N1CCN(C(=O)Cc2ccc(F)cc2)CC1. The van der Waals surface area contributed by atoms with E-state index in [9.17, 15) is 9.18 Å². The van der Waals surface area contributed by atoms with Gasteiger partial charge in [0.05, 0.1) is 19.1 Å². The van der Waals surface area contributed by atoms with Crippen LogP contribution in [0.1, 0.15) is 11.1 Å². The number of methoxy groups -OCH3 is 1. The lowest BCUT2D eigenvalue weighted by Gasteiger charge is -2.36. The van der Waals surface area contributed by atoms with Crippen molar-refractivity contribution in [3.05, 3.63) is 83.7 Å². The van der Waals surface area contributed by atoms with E-state index in [2.05, 4.69) is 4.90 Å². The number of hydrogen-bond donors (Lipinski definition) is 0. The number of piperazine rings is 1. The Hall–Kier alpha value is -3.87. The fourth-order valence-corrected chi connectivity index (χ4v) is 4.18. The lowest BCUT2D eigenvalue weighted by molar-refractivity contribution is -0.131. The molecule has 0 aromatic heterocycles. The van der Waals surface area contributed by atoms with Gasteiger partial charge in [-0.2, -0.15) is 0 Å². The summed E-state index contributed by atoms with van der Waals surface area (Å²) in [7, 11) is 1.62. The van der Waals surface area contributed by atoms with Crippen molar-refractivity contribution < 1.29 is 18.7 Å². The number of rotatable bonds is 3. The molecule has 0 bridgehead atoms. The molecule has 168 valence electrons. The Morgan fingerprint density at radius 2 is 1.76 bits per heavy atom. The molecule has 2 heterocycles. The van der Waals surface area contributed by atoms with Crippen molar-refractivity contribution in [3.63, 3.8) is 0 Å². The summed E-state index contributed by atoms with van der Waals surface area (Å²) in [5.74, 6) is 2.50. The van der Waals surface area contributed by atoms with E-state index < -0.39 is 0 Å². The number of carbonyl (C=O) groups is 1. The number of benzene rings is 3. The van der Waals surface area contributed by atoms with Gasteiger partial charge in [0.1, 0.15) is 17.3 Å². The quantitative estimate of drug-likeness (QED) is 0.600. The van der Waals surface area contributed by atoms with Gasteiger partial charge in [-0.15, -0.1) is 0 Å². The number of hydrogen-bond acceptors (Lipinski definition) is 5. The van der Waals surface area contributed by atoms with Crippen LogP contribution < -0.4 is 9.47 Å². The molecule has 6 nitrogen and oxygen atoms in total. The van der Waals surface area contributed by atoms with E-state index in [4.69, 9.17) is 14.5 Å². The van der Waals surface area contributed by atoms with Gasteiger partial charge in [-0.1, -0.05) is 30.3 Å². The second kappa shape index (κ2) is 8.94. The second-order valence-corrected chi connectivity index (χ2v) is 8.01. The molecular weight excluding hydrogens is 421 g/mol. The lowest BCUT2D eigenvalue weighted by atomic mass is 10.1. The predicted octanol–water partition coefficient (Wildman–Crippen LogP) is 4.41. The third-order valence-corrected chi connectivity index (χ3v) is 5.94. The van der Waals surface area contributed by atoms with Crippen LogP contribution in [0, 0.1) is 5.82 Å². The Morgan fingerprint density at radius 1 is 1.00 bits per heavy atom. The fraction of sp³-hybridized carbons (Fsp3) is 0.231. The molecule has 3 aromatic rings. The van der Waals surface area contributed by atoms with Crippen LogP contribution in [0.4, 0.5) is 10.1 Å². The van der Waals surface area contributed by atoms with Crippen LogP contribution >= 0.6 is 0 Å². The molecule has 0 radical (unpaired) electrons. The first kappa shape index (κ1) is 21.0. The van der Waals surface area contributed by atoms with E-state index in [1.54, 1.807) is 19.2 Å². The van der Waals surface area contributed by atoms with Crippen LogP contribution in [-0.4, -0.2) is 54.8 Å². The number of ether oxygens (including phenoxy) is 2. The van der Waals surface area contributed by atoms with Crippen LogP contribution in [0.15, 0.2) is 71.7 Å². The summed E-state index contributed by atoms with van der Waals surface area (Å²) < 4.78 is 24.9. The maximum Gasteiger partial charge on any atom is 0.227 e. The van der Waals surface area contributed by atoms with Gasteiger partial charge in [0.25, 0.3) is 0 Å². The van der Waals surface area contributed by atoms with Gasteiger partial charge in [0.2, 0.25) is 5.91 Å². The standard InChI is InChI=1S/C26H24FN3O3/c1-32-23-8-4-5-20-25(23)33-22-7-3-2-6-21(22)28-26(20)30-15-13-29(14-16-30)24(31)17-18-9-11-19(27)12-10-18/h2-12H,13-17H2,1H3. The highest BCUT2D eigenvalue weighted by Gasteiger charge is 2.28. The Labute approximate surface area is 191 Å².